The Hall–Kier alpha value is -4.39. The van der Waals surface area contributed by atoms with Crippen LogP contribution in [0, 0.1) is 0 Å². The number of rotatable bonds is 7. The van der Waals surface area contributed by atoms with Crippen LogP contribution in [0.25, 0.3) is 22.0 Å². The molecule has 13 heteroatoms. The summed E-state index contributed by atoms with van der Waals surface area (Å²) in [6, 6.07) is 9.30. The molecule has 2 atom stereocenters. The number of carbonyl (C=O) groups is 3. The summed E-state index contributed by atoms with van der Waals surface area (Å²) in [7, 11) is 0. The fraction of sp³-hybridized carbons (Fsp3) is 0.250. The number of nitrogens with one attached hydrogen (secondary N) is 1. The van der Waals surface area contributed by atoms with E-state index in [9.17, 15) is 32.3 Å². The first-order valence-electron chi connectivity index (χ1n) is 10.9. The zero-order chi connectivity index (χ0) is 26.9. The Bertz CT molecular complexity index is 1440. The van der Waals surface area contributed by atoms with Crippen LogP contribution >= 0.6 is 0 Å². The molecule has 0 radical (unpaired) electrons. The van der Waals surface area contributed by atoms with Crippen molar-refractivity contribution < 1.29 is 42.1 Å². The van der Waals surface area contributed by atoms with Gasteiger partial charge in [0, 0.05) is 22.3 Å². The number of cyclic esters (lactones) is 1. The Balaban J connectivity index is 1.54. The number of ether oxygens (including phenoxy) is 2. The largest absolute Gasteiger partial charge is 0.481 e. The van der Waals surface area contributed by atoms with Gasteiger partial charge in [-0.15, -0.1) is 0 Å². The number of hydrogen-bond donors (Lipinski definition) is 3. The van der Waals surface area contributed by atoms with Crippen molar-refractivity contribution in [3.63, 3.8) is 0 Å². The number of esters is 1. The second-order valence-corrected chi connectivity index (χ2v) is 8.28. The number of alkyl halides is 3. The summed E-state index contributed by atoms with van der Waals surface area (Å²) in [5, 5.41) is 9.17. The number of fused-ring (bicyclic) bond motifs is 1. The summed E-state index contributed by atoms with van der Waals surface area (Å²) < 4.78 is 50.4. The third kappa shape index (κ3) is 5.56. The molecular formula is C24H20F3N3O7. The number of carboxylic acids is 1. The maximum atomic E-state index is 13.4. The molecular weight excluding hydrogens is 499 g/mol. The number of carbonyl (C=O) groups excluding carboxylic acids is 2. The number of aliphatic carboxylic acids is 1. The van der Waals surface area contributed by atoms with Gasteiger partial charge < -0.3 is 25.3 Å². The van der Waals surface area contributed by atoms with E-state index in [2.05, 4.69) is 4.98 Å². The zero-order valence-electron chi connectivity index (χ0n) is 18.9. The molecule has 0 bridgehead atoms. The minimum Gasteiger partial charge on any atom is -0.481 e. The van der Waals surface area contributed by atoms with E-state index in [4.69, 9.17) is 20.3 Å². The predicted octanol–water partition coefficient (Wildman–Crippen LogP) is 2.88. The highest BCUT2D eigenvalue weighted by atomic mass is 19.4. The quantitative estimate of drug-likeness (QED) is 0.403. The van der Waals surface area contributed by atoms with Gasteiger partial charge in [0.15, 0.2) is 6.10 Å². The lowest BCUT2D eigenvalue weighted by molar-refractivity contribution is -0.151. The average Bonchev–Trinajstić information content (AvgIpc) is 3.21. The van der Waals surface area contributed by atoms with E-state index in [1.165, 1.54) is 47.4 Å². The summed E-state index contributed by atoms with van der Waals surface area (Å²) in [4.78, 5) is 51.3. The van der Waals surface area contributed by atoms with Crippen molar-refractivity contribution in [1.82, 2.24) is 4.98 Å². The van der Waals surface area contributed by atoms with Gasteiger partial charge in [0.1, 0.15) is 12.6 Å². The van der Waals surface area contributed by atoms with E-state index >= 15 is 0 Å². The Morgan fingerprint density at radius 2 is 1.92 bits per heavy atom. The van der Waals surface area contributed by atoms with Crippen molar-refractivity contribution in [1.29, 1.82) is 0 Å². The molecule has 2 heterocycles. The first-order chi connectivity index (χ1) is 17.4. The van der Waals surface area contributed by atoms with Crippen LogP contribution in [-0.4, -0.2) is 53.4 Å². The molecule has 0 saturated carbocycles. The van der Waals surface area contributed by atoms with Gasteiger partial charge in [-0.25, -0.2) is 4.79 Å². The van der Waals surface area contributed by atoms with Crippen molar-refractivity contribution >= 4 is 34.5 Å². The van der Waals surface area contributed by atoms with Gasteiger partial charge in [0.2, 0.25) is 0 Å². The average molecular weight is 519 g/mol. The topological polar surface area (TPSA) is 152 Å². The van der Waals surface area contributed by atoms with Crippen LogP contribution in [0.5, 0.6) is 0 Å². The Labute approximate surface area is 206 Å². The van der Waals surface area contributed by atoms with Gasteiger partial charge >= 0.3 is 24.2 Å². The van der Waals surface area contributed by atoms with Crippen molar-refractivity contribution in [2.24, 2.45) is 5.73 Å². The first kappa shape index (κ1) is 25.7. The van der Waals surface area contributed by atoms with E-state index in [0.717, 1.165) is 6.07 Å². The van der Waals surface area contributed by atoms with Crippen LogP contribution in [0.3, 0.4) is 0 Å². The smallest absolute Gasteiger partial charge is 0.417 e. The molecule has 1 amide bonds. The molecule has 1 fully saturated rings. The lowest BCUT2D eigenvalue weighted by atomic mass is 10.0. The molecule has 0 spiro atoms. The minimum atomic E-state index is -4.62. The van der Waals surface area contributed by atoms with Crippen LogP contribution in [0.2, 0.25) is 0 Å². The molecule has 0 unspecified atom stereocenters. The highest BCUT2D eigenvalue weighted by Gasteiger charge is 2.35. The highest BCUT2D eigenvalue weighted by molar-refractivity contribution is 5.95. The van der Waals surface area contributed by atoms with E-state index in [1.54, 1.807) is 0 Å². The third-order valence-electron chi connectivity index (χ3n) is 5.65. The number of H-pyrrole nitrogens is 1. The van der Waals surface area contributed by atoms with Crippen LogP contribution in [0.15, 0.2) is 53.3 Å². The number of nitrogens with two attached hydrogens (primary N) is 1. The maximum Gasteiger partial charge on any atom is 0.417 e. The second-order valence-electron chi connectivity index (χ2n) is 8.28. The van der Waals surface area contributed by atoms with E-state index in [-0.39, 0.29) is 35.5 Å². The van der Waals surface area contributed by atoms with Crippen LogP contribution < -0.4 is 16.2 Å². The minimum absolute atomic E-state index is 0.0123. The number of pyridine rings is 1. The number of aromatic amines is 1. The summed E-state index contributed by atoms with van der Waals surface area (Å²) in [6.07, 6.45) is -6.88. The van der Waals surface area contributed by atoms with Crippen LogP contribution in [-0.2, 0) is 25.2 Å². The SMILES string of the molecule is N[C@@H](CC(=O)O)C(=O)OC[C@H]1CN(c2ccc3cc(-c4ccccc4C(F)(F)F)[nH]c(=O)c3c2)C(=O)O1. The third-order valence-corrected chi connectivity index (χ3v) is 5.65. The van der Waals surface area contributed by atoms with Crippen LogP contribution in [0.4, 0.5) is 23.7 Å². The molecule has 1 aromatic heterocycles. The summed E-state index contributed by atoms with van der Waals surface area (Å²) in [5.41, 5.74) is 3.97. The van der Waals surface area contributed by atoms with Crippen molar-refractivity contribution in [3.8, 4) is 11.3 Å². The maximum absolute atomic E-state index is 13.4. The molecule has 10 nitrogen and oxygen atoms in total. The first-order valence-corrected chi connectivity index (χ1v) is 10.9. The highest BCUT2D eigenvalue weighted by Crippen LogP contribution is 2.36. The Morgan fingerprint density at radius 1 is 1.19 bits per heavy atom. The Morgan fingerprint density at radius 3 is 2.62 bits per heavy atom. The number of aromatic nitrogens is 1. The van der Waals surface area contributed by atoms with Gasteiger partial charge in [-0.2, -0.15) is 13.2 Å². The number of halogens is 3. The molecule has 4 rings (SSSR count). The molecule has 1 aliphatic rings. The van der Waals surface area contributed by atoms with E-state index in [1.807, 2.05) is 0 Å². The predicted molar refractivity (Wildman–Crippen MR) is 124 cm³/mol. The standard InChI is InChI=1S/C24H20F3N3O7/c25-24(26,27)17-4-2-1-3-15(17)19-7-12-5-6-13(8-16(12)21(33)29-19)30-10-14(37-23(30)35)11-36-22(34)18(28)9-20(31)32/h1-8,14,18H,9-11,28H2,(H,29,33)(H,31,32)/t14-,18+/m1/s1. The monoisotopic (exact) mass is 519 g/mol. The van der Waals surface area contributed by atoms with Gasteiger partial charge in [-0.1, -0.05) is 24.3 Å². The normalized spacial score (nSPS) is 16.5. The Kier molecular flexibility index (Phi) is 6.90. The van der Waals surface area contributed by atoms with Gasteiger partial charge in [-0.3, -0.25) is 19.3 Å². The number of benzene rings is 2. The molecule has 4 N–H and O–H groups in total. The molecule has 3 aromatic rings. The van der Waals surface area contributed by atoms with Gasteiger partial charge in [0.05, 0.1) is 18.5 Å². The fourth-order valence-corrected chi connectivity index (χ4v) is 3.90. The number of hydrogen-bond acceptors (Lipinski definition) is 7. The van der Waals surface area contributed by atoms with Crippen molar-refractivity contribution in [3.05, 3.63) is 64.4 Å². The van der Waals surface area contributed by atoms with Gasteiger partial charge in [0.25, 0.3) is 5.56 Å². The number of amides is 1. The van der Waals surface area contributed by atoms with Crippen molar-refractivity contribution in [2.45, 2.75) is 24.7 Å². The molecule has 2 aromatic carbocycles. The molecule has 0 aliphatic carbocycles. The second kappa shape index (κ2) is 9.93. The van der Waals surface area contributed by atoms with E-state index < -0.39 is 53.9 Å². The molecule has 194 valence electrons. The molecule has 1 saturated heterocycles. The van der Waals surface area contributed by atoms with E-state index in [0.29, 0.717) is 5.39 Å². The number of nitrogens with zero attached hydrogens (tertiary/aromatic N) is 1. The molecule has 37 heavy (non-hydrogen) atoms. The summed E-state index contributed by atoms with van der Waals surface area (Å²) in [5.74, 6) is -2.23. The lowest BCUT2D eigenvalue weighted by Crippen LogP contribution is -2.36. The van der Waals surface area contributed by atoms with Gasteiger partial charge in [-0.05, 0) is 29.7 Å². The lowest BCUT2D eigenvalue weighted by Gasteiger charge is -2.15. The fourth-order valence-electron chi connectivity index (χ4n) is 3.90. The zero-order valence-corrected chi connectivity index (χ0v) is 18.9. The van der Waals surface area contributed by atoms with Crippen LogP contribution in [0.1, 0.15) is 12.0 Å². The summed E-state index contributed by atoms with van der Waals surface area (Å²) in [6.45, 7) is -0.398. The number of carboxylic acid groups (broad SMARTS) is 1. The number of anilines is 1. The summed E-state index contributed by atoms with van der Waals surface area (Å²) >= 11 is 0. The molecule has 1 aliphatic heterocycles. The van der Waals surface area contributed by atoms with Crippen molar-refractivity contribution in [2.75, 3.05) is 18.1 Å².